The Morgan fingerprint density at radius 1 is 1.31 bits per heavy atom. The van der Waals surface area contributed by atoms with Gasteiger partial charge < -0.3 is 10.2 Å². The van der Waals surface area contributed by atoms with Crippen LogP contribution in [0.1, 0.15) is 13.8 Å². The van der Waals surface area contributed by atoms with E-state index in [4.69, 9.17) is 11.6 Å². The van der Waals surface area contributed by atoms with Crippen LogP contribution in [0.25, 0.3) is 0 Å². The quantitative estimate of drug-likeness (QED) is 0.703. The van der Waals surface area contributed by atoms with Crippen molar-refractivity contribution in [2.45, 2.75) is 13.8 Å². The number of nitrogens with one attached hydrogen (secondary N) is 2. The number of halogens is 1. The monoisotopic (exact) mass is 249 g/mol. The molecule has 0 aromatic carbocycles. The Morgan fingerprint density at radius 3 is 2.31 bits per heavy atom. The Morgan fingerprint density at radius 2 is 1.88 bits per heavy atom. The summed E-state index contributed by atoms with van der Waals surface area (Å²) in [6.07, 6.45) is 0. The topological polar surface area (TPSA) is 61.4 Å². The van der Waals surface area contributed by atoms with Crippen LogP contribution in [0.3, 0.4) is 0 Å². The van der Waals surface area contributed by atoms with Crippen molar-refractivity contribution in [3.8, 4) is 0 Å². The number of urea groups is 1. The summed E-state index contributed by atoms with van der Waals surface area (Å²) < 4.78 is 0. The number of alkyl halides is 1. The minimum absolute atomic E-state index is 0.0507. The Hall–Kier alpha value is -0.810. The van der Waals surface area contributed by atoms with E-state index in [1.165, 1.54) is 0 Å². The van der Waals surface area contributed by atoms with Gasteiger partial charge in [-0.2, -0.15) is 0 Å². The van der Waals surface area contributed by atoms with Crippen LogP contribution in [0.4, 0.5) is 4.79 Å². The molecule has 0 rings (SSSR count). The lowest BCUT2D eigenvalue weighted by Crippen LogP contribution is -2.45. The van der Waals surface area contributed by atoms with Crippen molar-refractivity contribution in [1.82, 2.24) is 15.5 Å². The van der Waals surface area contributed by atoms with E-state index in [1.807, 2.05) is 32.8 Å². The molecule has 0 aromatic heterocycles. The number of carbonyl (C=O) groups excluding carboxylic acids is 2. The average Bonchev–Trinajstić information content (AvgIpc) is 2.13. The van der Waals surface area contributed by atoms with Gasteiger partial charge in [-0.1, -0.05) is 13.8 Å². The third-order valence-corrected chi connectivity index (χ3v) is 2.09. The average molecular weight is 250 g/mol. The fourth-order valence-corrected chi connectivity index (χ4v) is 1.50. The zero-order valence-electron chi connectivity index (χ0n) is 10.3. The second kappa shape index (κ2) is 6.70. The molecular weight excluding hydrogens is 230 g/mol. The molecule has 5 nitrogen and oxygen atoms in total. The van der Waals surface area contributed by atoms with Gasteiger partial charge in [0.2, 0.25) is 5.91 Å². The predicted molar refractivity (Wildman–Crippen MR) is 64.6 cm³/mol. The van der Waals surface area contributed by atoms with E-state index in [-0.39, 0.29) is 11.3 Å². The lowest BCUT2D eigenvalue weighted by atomic mass is 9.93. The molecule has 0 heterocycles. The predicted octanol–water partition coefficient (Wildman–Crippen LogP) is 0.639. The second-order valence-corrected chi connectivity index (χ2v) is 5.03. The van der Waals surface area contributed by atoms with Crippen LogP contribution in [0, 0.1) is 5.41 Å². The first-order valence-electron chi connectivity index (χ1n) is 5.05. The standard InChI is InChI=1S/C10H20ClN3O2/c1-10(2,7-14(3)4)6-12-9(16)13-8(15)5-11/h5-7H2,1-4H3,(H2,12,13,15,16). The number of hydrogen-bond acceptors (Lipinski definition) is 3. The molecule has 0 bridgehead atoms. The number of hydrogen-bond donors (Lipinski definition) is 2. The van der Waals surface area contributed by atoms with E-state index in [1.54, 1.807) is 0 Å². The van der Waals surface area contributed by atoms with Crippen LogP contribution in [0.2, 0.25) is 0 Å². The summed E-state index contributed by atoms with van der Waals surface area (Å²) in [7, 11) is 3.94. The first-order chi connectivity index (χ1) is 7.26. The van der Waals surface area contributed by atoms with Gasteiger partial charge in [-0.25, -0.2) is 4.79 Å². The summed E-state index contributed by atoms with van der Waals surface area (Å²) in [5, 5.41) is 4.76. The molecule has 0 aliphatic heterocycles. The smallest absolute Gasteiger partial charge is 0.321 e. The Bertz CT molecular complexity index is 254. The summed E-state index contributed by atoms with van der Waals surface area (Å²) >= 11 is 5.26. The molecule has 0 unspecified atom stereocenters. The maximum Gasteiger partial charge on any atom is 0.321 e. The Balaban J connectivity index is 3.95. The summed E-state index contributed by atoms with van der Waals surface area (Å²) in [5.41, 5.74) is -0.0507. The van der Waals surface area contributed by atoms with E-state index in [0.717, 1.165) is 6.54 Å². The molecule has 0 aliphatic carbocycles. The van der Waals surface area contributed by atoms with Gasteiger partial charge in [0.05, 0.1) is 0 Å². The highest BCUT2D eigenvalue weighted by molar-refractivity contribution is 6.28. The number of carbonyl (C=O) groups is 2. The molecule has 0 saturated carbocycles. The minimum Gasteiger partial charge on any atom is -0.337 e. The van der Waals surface area contributed by atoms with Crippen molar-refractivity contribution in [2.24, 2.45) is 5.41 Å². The molecule has 0 aromatic rings. The molecule has 2 N–H and O–H groups in total. The van der Waals surface area contributed by atoms with Gasteiger partial charge in [0, 0.05) is 13.1 Å². The fourth-order valence-electron chi connectivity index (χ4n) is 1.44. The van der Waals surface area contributed by atoms with Gasteiger partial charge in [-0.15, -0.1) is 11.6 Å². The number of amides is 3. The van der Waals surface area contributed by atoms with Gasteiger partial charge in [-0.3, -0.25) is 10.1 Å². The highest BCUT2D eigenvalue weighted by atomic mass is 35.5. The molecule has 3 amide bonds. The summed E-state index contributed by atoms with van der Waals surface area (Å²) in [5.74, 6) is -0.710. The maximum atomic E-state index is 11.2. The molecule has 0 radical (unpaired) electrons. The van der Waals surface area contributed by atoms with E-state index >= 15 is 0 Å². The highest BCUT2D eigenvalue weighted by Gasteiger charge is 2.20. The third kappa shape index (κ3) is 7.48. The fraction of sp³-hybridized carbons (Fsp3) is 0.800. The van der Waals surface area contributed by atoms with Crippen LogP contribution >= 0.6 is 11.6 Å². The first kappa shape index (κ1) is 15.2. The number of nitrogens with zero attached hydrogens (tertiary/aromatic N) is 1. The van der Waals surface area contributed by atoms with Crippen LogP contribution in [0.15, 0.2) is 0 Å². The molecule has 16 heavy (non-hydrogen) atoms. The first-order valence-corrected chi connectivity index (χ1v) is 5.58. The lowest BCUT2D eigenvalue weighted by molar-refractivity contribution is -0.117. The molecule has 0 fully saturated rings. The molecule has 0 atom stereocenters. The van der Waals surface area contributed by atoms with Crippen molar-refractivity contribution in [1.29, 1.82) is 0 Å². The zero-order chi connectivity index (χ0) is 12.8. The molecule has 94 valence electrons. The van der Waals surface area contributed by atoms with Crippen LogP contribution in [0.5, 0.6) is 0 Å². The van der Waals surface area contributed by atoms with E-state index in [2.05, 4.69) is 10.6 Å². The van der Waals surface area contributed by atoms with Gasteiger partial charge >= 0.3 is 6.03 Å². The maximum absolute atomic E-state index is 11.2. The SMILES string of the molecule is CN(C)CC(C)(C)CNC(=O)NC(=O)CCl. The normalized spacial score (nSPS) is 11.4. The van der Waals surface area contributed by atoms with Gasteiger partial charge in [0.1, 0.15) is 5.88 Å². The largest absolute Gasteiger partial charge is 0.337 e. The highest BCUT2D eigenvalue weighted by Crippen LogP contribution is 2.13. The summed E-state index contributed by atoms with van der Waals surface area (Å²) in [6, 6.07) is -0.502. The molecule has 6 heteroatoms. The van der Waals surface area contributed by atoms with E-state index < -0.39 is 11.9 Å². The van der Waals surface area contributed by atoms with Crippen molar-refractivity contribution in [3.05, 3.63) is 0 Å². The van der Waals surface area contributed by atoms with Crippen molar-refractivity contribution < 1.29 is 9.59 Å². The molecule has 0 aliphatic rings. The van der Waals surface area contributed by atoms with Crippen molar-refractivity contribution in [2.75, 3.05) is 33.1 Å². The number of rotatable bonds is 5. The van der Waals surface area contributed by atoms with E-state index in [9.17, 15) is 9.59 Å². The lowest BCUT2D eigenvalue weighted by Gasteiger charge is -2.28. The van der Waals surface area contributed by atoms with Crippen LogP contribution < -0.4 is 10.6 Å². The van der Waals surface area contributed by atoms with Gasteiger partial charge in [-0.05, 0) is 19.5 Å². The Kier molecular flexibility index (Phi) is 6.36. The zero-order valence-corrected chi connectivity index (χ0v) is 11.0. The van der Waals surface area contributed by atoms with Crippen LogP contribution in [-0.2, 0) is 4.79 Å². The third-order valence-electron chi connectivity index (χ3n) is 1.85. The van der Waals surface area contributed by atoms with Gasteiger partial charge in [0.25, 0.3) is 0 Å². The van der Waals surface area contributed by atoms with Crippen LogP contribution in [-0.4, -0.2) is 49.9 Å². The van der Waals surface area contributed by atoms with E-state index in [0.29, 0.717) is 6.54 Å². The minimum atomic E-state index is -0.502. The van der Waals surface area contributed by atoms with Crippen molar-refractivity contribution >= 4 is 23.5 Å². The second-order valence-electron chi connectivity index (χ2n) is 4.77. The van der Waals surface area contributed by atoms with Crippen molar-refractivity contribution in [3.63, 3.8) is 0 Å². The summed E-state index contributed by atoms with van der Waals surface area (Å²) in [4.78, 5) is 24.1. The van der Waals surface area contributed by atoms with Gasteiger partial charge in [0.15, 0.2) is 0 Å². The Labute approximate surface area is 102 Å². The molecule has 0 spiro atoms. The summed E-state index contributed by atoms with van der Waals surface area (Å²) in [6.45, 7) is 5.41. The molecule has 0 saturated heterocycles. The number of imide groups is 1. The molecular formula is C10H20ClN3O2.